The highest BCUT2D eigenvalue weighted by Gasteiger charge is 2.16. The van der Waals surface area contributed by atoms with Crippen LogP contribution < -0.4 is 10.9 Å². The molecule has 0 atom stereocenters. The summed E-state index contributed by atoms with van der Waals surface area (Å²) in [4.78, 5) is 19.3. The molecule has 1 aliphatic heterocycles. The van der Waals surface area contributed by atoms with Crippen molar-refractivity contribution in [1.29, 1.82) is 0 Å². The van der Waals surface area contributed by atoms with Crippen LogP contribution in [-0.2, 0) is 6.42 Å². The molecule has 0 saturated heterocycles. The Hall–Kier alpha value is -1.52. The molecule has 0 radical (unpaired) electrons. The lowest BCUT2D eigenvalue weighted by molar-refractivity contribution is 0.800. The zero-order valence-corrected chi connectivity index (χ0v) is 11.5. The van der Waals surface area contributed by atoms with Gasteiger partial charge < -0.3 is 10.3 Å². The van der Waals surface area contributed by atoms with Crippen molar-refractivity contribution in [3.8, 4) is 11.4 Å². The van der Waals surface area contributed by atoms with Crippen molar-refractivity contribution in [3.63, 3.8) is 0 Å². The molecule has 2 N–H and O–H groups in total. The van der Waals surface area contributed by atoms with Gasteiger partial charge in [0.2, 0.25) is 0 Å². The minimum Gasteiger partial charge on any atom is -0.370 e. The minimum absolute atomic E-state index is 0.108. The van der Waals surface area contributed by atoms with Gasteiger partial charge in [0.1, 0.15) is 11.6 Å². The number of aromatic amines is 1. The van der Waals surface area contributed by atoms with Crippen molar-refractivity contribution >= 4 is 29.0 Å². The molecular weight excluding hydrogens is 285 g/mol. The van der Waals surface area contributed by atoms with E-state index in [9.17, 15) is 4.79 Å². The highest BCUT2D eigenvalue weighted by Crippen LogP contribution is 2.26. The number of hydrogen-bond acceptors (Lipinski definition) is 3. The Morgan fingerprint density at radius 1 is 1.16 bits per heavy atom. The maximum atomic E-state index is 12.0. The van der Waals surface area contributed by atoms with Crippen LogP contribution in [0.5, 0.6) is 0 Å². The van der Waals surface area contributed by atoms with Crippen molar-refractivity contribution in [3.05, 3.63) is 44.2 Å². The lowest BCUT2D eigenvalue weighted by atomic mass is 10.1. The molecule has 0 unspecified atom stereocenters. The van der Waals surface area contributed by atoms with E-state index in [4.69, 9.17) is 23.2 Å². The van der Waals surface area contributed by atoms with Gasteiger partial charge in [-0.3, -0.25) is 4.79 Å². The minimum atomic E-state index is -0.108. The van der Waals surface area contributed by atoms with E-state index in [1.807, 2.05) is 0 Å². The molecule has 1 aliphatic rings. The Balaban J connectivity index is 2.15. The van der Waals surface area contributed by atoms with E-state index in [1.165, 1.54) is 0 Å². The number of anilines is 1. The number of nitrogens with zero attached hydrogens (tertiary/aromatic N) is 1. The quantitative estimate of drug-likeness (QED) is 0.850. The number of hydrogen-bond donors (Lipinski definition) is 2. The highest BCUT2D eigenvalue weighted by molar-refractivity contribution is 6.35. The molecule has 98 valence electrons. The van der Waals surface area contributed by atoms with Gasteiger partial charge in [0.05, 0.1) is 5.56 Å². The number of aromatic nitrogens is 2. The summed E-state index contributed by atoms with van der Waals surface area (Å²) >= 11 is 11.9. The lowest BCUT2D eigenvalue weighted by Crippen LogP contribution is -2.24. The van der Waals surface area contributed by atoms with Gasteiger partial charge in [-0.1, -0.05) is 23.2 Å². The molecule has 0 spiro atoms. The topological polar surface area (TPSA) is 57.8 Å². The van der Waals surface area contributed by atoms with E-state index in [1.54, 1.807) is 18.2 Å². The van der Waals surface area contributed by atoms with Crippen LogP contribution in [0, 0.1) is 0 Å². The second-order valence-electron chi connectivity index (χ2n) is 4.43. The molecule has 0 amide bonds. The monoisotopic (exact) mass is 295 g/mol. The molecular formula is C13H11Cl2N3O. The molecule has 19 heavy (non-hydrogen) atoms. The summed E-state index contributed by atoms with van der Waals surface area (Å²) < 4.78 is 0. The second-order valence-corrected chi connectivity index (χ2v) is 5.30. The van der Waals surface area contributed by atoms with Crippen molar-refractivity contribution in [2.24, 2.45) is 0 Å². The number of halogens is 2. The fourth-order valence-corrected chi connectivity index (χ4v) is 2.70. The summed E-state index contributed by atoms with van der Waals surface area (Å²) in [5.41, 5.74) is 1.30. The summed E-state index contributed by atoms with van der Waals surface area (Å²) in [6.07, 6.45) is 1.70. The molecule has 0 fully saturated rings. The van der Waals surface area contributed by atoms with Crippen LogP contribution in [0.2, 0.25) is 10.0 Å². The van der Waals surface area contributed by atoms with Gasteiger partial charge in [0.15, 0.2) is 0 Å². The fraction of sp³-hybridized carbons (Fsp3) is 0.231. The van der Waals surface area contributed by atoms with Crippen LogP contribution in [-0.4, -0.2) is 16.5 Å². The predicted octanol–water partition coefficient (Wildman–Crippen LogP) is 3.10. The zero-order chi connectivity index (χ0) is 13.4. The van der Waals surface area contributed by atoms with Gasteiger partial charge in [-0.25, -0.2) is 4.98 Å². The van der Waals surface area contributed by atoms with E-state index >= 15 is 0 Å². The van der Waals surface area contributed by atoms with Crippen molar-refractivity contribution in [2.75, 3.05) is 11.9 Å². The number of rotatable bonds is 1. The number of H-pyrrole nitrogens is 1. The molecule has 1 aromatic heterocycles. The maximum Gasteiger partial charge on any atom is 0.256 e. The second kappa shape index (κ2) is 4.87. The van der Waals surface area contributed by atoms with Gasteiger partial charge in [0, 0.05) is 22.2 Å². The molecule has 0 bridgehead atoms. The summed E-state index contributed by atoms with van der Waals surface area (Å²) in [5.74, 6) is 1.13. The van der Waals surface area contributed by atoms with Gasteiger partial charge in [-0.05, 0) is 31.0 Å². The van der Waals surface area contributed by atoms with E-state index < -0.39 is 0 Å². The van der Waals surface area contributed by atoms with Gasteiger partial charge in [-0.2, -0.15) is 0 Å². The SMILES string of the molecule is O=c1[nH]c(-c2cc(Cl)cc(Cl)c2)nc2c1CCCN2. The predicted molar refractivity (Wildman–Crippen MR) is 77.1 cm³/mol. The molecule has 0 saturated carbocycles. The van der Waals surface area contributed by atoms with Crippen LogP contribution >= 0.6 is 23.2 Å². The summed E-state index contributed by atoms with van der Waals surface area (Å²) in [6, 6.07) is 5.09. The summed E-state index contributed by atoms with van der Waals surface area (Å²) in [6.45, 7) is 0.833. The Morgan fingerprint density at radius 2 is 1.89 bits per heavy atom. The Labute approximate surface area is 119 Å². The van der Waals surface area contributed by atoms with Crippen LogP contribution in [0.25, 0.3) is 11.4 Å². The van der Waals surface area contributed by atoms with E-state index in [-0.39, 0.29) is 5.56 Å². The third-order valence-electron chi connectivity index (χ3n) is 3.05. The third kappa shape index (κ3) is 2.46. The first-order valence-electron chi connectivity index (χ1n) is 5.97. The Kier molecular flexibility index (Phi) is 3.21. The van der Waals surface area contributed by atoms with Crippen LogP contribution in [0.15, 0.2) is 23.0 Å². The van der Waals surface area contributed by atoms with Crippen molar-refractivity contribution < 1.29 is 0 Å². The molecule has 2 aromatic rings. The zero-order valence-electron chi connectivity index (χ0n) is 9.96. The lowest BCUT2D eigenvalue weighted by Gasteiger charge is -2.16. The average Bonchev–Trinajstić information content (AvgIpc) is 2.37. The third-order valence-corrected chi connectivity index (χ3v) is 3.48. The van der Waals surface area contributed by atoms with Crippen molar-refractivity contribution in [2.45, 2.75) is 12.8 Å². The smallest absolute Gasteiger partial charge is 0.256 e. The van der Waals surface area contributed by atoms with Crippen LogP contribution in [0.3, 0.4) is 0 Å². The van der Waals surface area contributed by atoms with E-state index in [2.05, 4.69) is 15.3 Å². The van der Waals surface area contributed by atoms with Crippen LogP contribution in [0.1, 0.15) is 12.0 Å². The standard InChI is InChI=1S/C13H11Cl2N3O/c14-8-4-7(5-9(15)6-8)11-17-12-10(13(19)18-11)2-1-3-16-12/h4-6H,1-3H2,(H2,16,17,18,19). The van der Waals surface area contributed by atoms with E-state index in [0.29, 0.717) is 32.8 Å². The van der Waals surface area contributed by atoms with Gasteiger partial charge >= 0.3 is 0 Å². The first-order chi connectivity index (χ1) is 9.13. The summed E-state index contributed by atoms with van der Waals surface area (Å²) in [7, 11) is 0. The molecule has 0 aliphatic carbocycles. The Bertz CT molecular complexity index is 677. The average molecular weight is 296 g/mol. The molecule has 2 heterocycles. The first-order valence-corrected chi connectivity index (χ1v) is 6.72. The fourth-order valence-electron chi connectivity index (χ4n) is 2.18. The molecule has 4 nitrogen and oxygen atoms in total. The Morgan fingerprint density at radius 3 is 2.63 bits per heavy atom. The van der Waals surface area contributed by atoms with Gasteiger partial charge in [-0.15, -0.1) is 0 Å². The highest BCUT2D eigenvalue weighted by atomic mass is 35.5. The first kappa shape index (κ1) is 12.5. The summed E-state index contributed by atoms with van der Waals surface area (Å²) in [5, 5.41) is 4.17. The molecule has 3 rings (SSSR count). The van der Waals surface area contributed by atoms with Crippen molar-refractivity contribution in [1.82, 2.24) is 9.97 Å². The van der Waals surface area contributed by atoms with Gasteiger partial charge in [0.25, 0.3) is 5.56 Å². The largest absolute Gasteiger partial charge is 0.370 e. The van der Waals surface area contributed by atoms with Crippen LogP contribution in [0.4, 0.5) is 5.82 Å². The number of benzene rings is 1. The molecule has 6 heteroatoms. The maximum absolute atomic E-state index is 12.0. The van der Waals surface area contributed by atoms with E-state index in [0.717, 1.165) is 19.4 Å². The number of fused-ring (bicyclic) bond motifs is 1. The number of nitrogens with one attached hydrogen (secondary N) is 2. The normalized spacial score (nSPS) is 13.8. The molecule has 1 aromatic carbocycles.